The van der Waals surface area contributed by atoms with Crippen molar-refractivity contribution in [2.45, 2.75) is 104 Å². The minimum Gasteiger partial charge on any atom is -0.444 e. The third-order valence-corrected chi connectivity index (χ3v) is 9.87. The smallest absolute Gasteiger partial charge is 0.410 e. The van der Waals surface area contributed by atoms with E-state index in [4.69, 9.17) is 4.74 Å². The van der Waals surface area contributed by atoms with Crippen LogP contribution >= 0.6 is 0 Å². The van der Waals surface area contributed by atoms with Crippen molar-refractivity contribution >= 4 is 6.09 Å². The van der Waals surface area contributed by atoms with Crippen LogP contribution in [0.1, 0.15) is 104 Å². The van der Waals surface area contributed by atoms with Crippen LogP contribution < -0.4 is 5.32 Å². The van der Waals surface area contributed by atoms with Crippen molar-refractivity contribution < 1.29 is 9.53 Å². The van der Waals surface area contributed by atoms with Crippen molar-refractivity contribution in [1.82, 2.24) is 30.2 Å². The molecule has 6 rings (SSSR count). The van der Waals surface area contributed by atoms with Crippen LogP contribution in [0.3, 0.4) is 0 Å². The summed E-state index contributed by atoms with van der Waals surface area (Å²) in [6.45, 7) is 13.7. The van der Waals surface area contributed by atoms with Crippen molar-refractivity contribution in [2.75, 3.05) is 26.2 Å². The Morgan fingerprint density at radius 3 is 1.61 bits per heavy atom. The van der Waals surface area contributed by atoms with Crippen LogP contribution in [0, 0.1) is 25.7 Å². The molecule has 51 heavy (non-hydrogen) atoms. The number of aryl methyl sites for hydroxylation is 4. The van der Waals surface area contributed by atoms with Crippen LogP contribution in [0.2, 0.25) is 0 Å². The summed E-state index contributed by atoms with van der Waals surface area (Å²) in [5.74, 6) is 1.53. The summed E-state index contributed by atoms with van der Waals surface area (Å²) in [6, 6.07) is 13.0. The van der Waals surface area contributed by atoms with Crippen LogP contribution in [0.25, 0.3) is 0 Å². The lowest BCUT2D eigenvalue weighted by Crippen LogP contribution is -2.41. The van der Waals surface area contributed by atoms with E-state index in [1.54, 1.807) is 0 Å². The van der Waals surface area contributed by atoms with E-state index in [1.807, 2.05) is 76.7 Å². The molecule has 0 atom stereocenters. The Balaban J connectivity index is 0.000000205. The van der Waals surface area contributed by atoms with Gasteiger partial charge in [-0.25, -0.2) is 4.79 Å². The second-order valence-electron chi connectivity index (χ2n) is 15.6. The van der Waals surface area contributed by atoms with Crippen molar-refractivity contribution in [3.05, 3.63) is 118 Å². The summed E-state index contributed by atoms with van der Waals surface area (Å²) in [7, 11) is 0. The Labute approximate surface area is 305 Å². The molecule has 8 nitrogen and oxygen atoms in total. The predicted molar refractivity (Wildman–Crippen MR) is 205 cm³/mol. The van der Waals surface area contributed by atoms with Crippen molar-refractivity contribution in [2.24, 2.45) is 11.8 Å². The number of ether oxygens (including phenoxy) is 1. The number of nitrogens with zero attached hydrogens (tertiary/aromatic N) is 5. The highest BCUT2D eigenvalue weighted by Crippen LogP contribution is 2.24. The number of nitrogens with one attached hydrogen (secondary N) is 1. The molecule has 2 saturated heterocycles. The summed E-state index contributed by atoms with van der Waals surface area (Å²) >= 11 is 0. The lowest BCUT2D eigenvalue weighted by atomic mass is 9.90. The molecule has 0 saturated carbocycles. The number of carbonyl (C=O) groups excluding carboxylic acids is 1. The van der Waals surface area contributed by atoms with E-state index >= 15 is 0 Å². The molecule has 272 valence electrons. The Morgan fingerprint density at radius 2 is 1.16 bits per heavy atom. The molecule has 0 bridgehead atoms. The zero-order valence-corrected chi connectivity index (χ0v) is 31.5. The van der Waals surface area contributed by atoms with Crippen LogP contribution in [0.5, 0.6) is 0 Å². The first-order valence-electron chi connectivity index (χ1n) is 19.0. The maximum atomic E-state index is 12.2. The topological polar surface area (TPSA) is 93.1 Å². The van der Waals surface area contributed by atoms with Gasteiger partial charge in [-0.3, -0.25) is 19.9 Å². The van der Waals surface area contributed by atoms with Gasteiger partial charge in [-0.2, -0.15) is 0 Å². The fraction of sp³-hybridized carbons (Fsp3) is 0.512. The largest absolute Gasteiger partial charge is 0.444 e. The standard InChI is InChI=1S/C24H33N3O2.C19H25N3/c1-18-5-6-21(17-26-18)14-22-13-20(15-25-16-22)8-7-19-9-11-27(12-10-19)23(28)29-24(2,3)4;1-15-2-3-18(14-22-15)11-19-10-17(12-21-13-19)5-4-16-6-8-20-9-7-16/h5-6,13,15-17,19H,7-12,14H2,1-4H3;2-3,10,12-14,16,20H,4-9,11H2,1H3. The molecule has 0 unspecified atom stereocenters. The maximum absolute atomic E-state index is 12.2. The summed E-state index contributed by atoms with van der Waals surface area (Å²) in [6.07, 6.45) is 22.8. The molecule has 0 spiro atoms. The fourth-order valence-corrected chi connectivity index (χ4v) is 6.87. The van der Waals surface area contributed by atoms with Gasteiger partial charge in [-0.1, -0.05) is 24.3 Å². The normalized spacial score (nSPS) is 15.6. The number of hydrogen-bond donors (Lipinski definition) is 1. The van der Waals surface area contributed by atoms with E-state index in [1.165, 1.54) is 65.7 Å². The first-order chi connectivity index (χ1) is 24.6. The highest BCUT2D eigenvalue weighted by atomic mass is 16.6. The molecule has 6 heterocycles. The molecular formula is C43H58N6O2. The van der Waals surface area contributed by atoms with Crippen molar-refractivity contribution in [1.29, 1.82) is 0 Å². The number of aromatic nitrogens is 4. The summed E-state index contributed by atoms with van der Waals surface area (Å²) in [4.78, 5) is 31.7. The first-order valence-corrected chi connectivity index (χ1v) is 19.0. The Bertz CT molecular complexity index is 1640. The van der Waals surface area contributed by atoms with E-state index in [0.717, 1.165) is 75.3 Å². The number of amides is 1. The quantitative estimate of drug-likeness (QED) is 0.179. The lowest BCUT2D eigenvalue weighted by molar-refractivity contribution is 0.0181. The van der Waals surface area contributed by atoms with Crippen molar-refractivity contribution in [3.8, 4) is 0 Å². The van der Waals surface area contributed by atoms with Crippen molar-refractivity contribution in [3.63, 3.8) is 0 Å². The predicted octanol–water partition coefficient (Wildman–Crippen LogP) is 8.26. The van der Waals surface area contributed by atoms with E-state index < -0.39 is 5.60 Å². The molecule has 0 radical (unpaired) electrons. The Hall–Kier alpha value is -4.17. The molecular weight excluding hydrogens is 633 g/mol. The summed E-state index contributed by atoms with van der Waals surface area (Å²) in [5.41, 5.74) is 9.32. The Kier molecular flexibility index (Phi) is 14.1. The van der Waals surface area contributed by atoms with Gasteiger partial charge < -0.3 is 15.0 Å². The van der Waals surface area contributed by atoms with E-state index in [-0.39, 0.29) is 6.09 Å². The minimum atomic E-state index is -0.430. The highest BCUT2D eigenvalue weighted by Gasteiger charge is 2.26. The number of hydrogen-bond acceptors (Lipinski definition) is 7. The third-order valence-electron chi connectivity index (χ3n) is 9.87. The third kappa shape index (κ3) is 13.5. The van der Waals surface area contributed by atoms with Gasteiger partial charge >= 0.3 is 6.09 Å². The molecule has 2 aliphatic heterocycles. The minimum absolute atomic E-state index is 0.182. The SMILES string of the molecule is Cc1ccc(Cc2cncc(CCC3CCN(C(=O)OC(C)(C)C)CC3)c2)cn1.Cc1ccc(Cc2cncc(CCC3CCNCC3)c2)cn1. The van der Waals surface area contributed by atoms with Gasteiger partial charge in [0.1, 0.15) is 5.60 Å². The molecule has 2 fully saturated rings. The van der Waals surface area contributed by atoms with Crippen LogP contribution in [0.4, 0.5) is 4.79 Å². The number of rotatable bonds is 10. The monoisotopic (exact) mass is 690 g/mol. The van der Waals surface area contributed by atoms with Gasteiger partial charge in [0.25, 0.3) is 0 Å². The zero-order valence-electron chi connectivity index (χ0n) is 31.5. The second-order valence-corrected chi connectivity index (χ2v) is 15.6. The van der Waals surface area contributed by atoms with E-state index in [2.05, 4.69) is 61.7 Å². The molecule has 8 heteroatoms. The van der Waals surface area contributed by atoms with Crippen LogP contribution in [-0.2, 0) is 30.4 Å². The van der Waals surface area contributed by atoms with Gasteiger partial charge in [0.2, 0.25) is 0 Å². The number of pyridine rings is 4. The average molecular weight is 691 g/mol. The lowest BCUT2D eigenvalue weighted by Gasteiger charge is -2.33. The maximum Gasteiger partial charge on any atom is 0.410 e. The second kappa shape index (κ2) is 18.9. The zero-order chi connectivity index (χ0) is 36.1. The van der Waals surface area contributed by atoms with Gasteiger partial charge in [-0.15, -0.1) is 0 Å². The highest BCUT2D eigenvalue weighted by molar-refractivity contribution is 5.68. The molecule has 4 aromatic heterocycles. The van der Waals surface area contributed by atoms with Gasteiger partial charge in [0, 0.05) is 74.5 Å². The van der Waals surface area contributed by atoms with Gasteiger partial charge in [0.15, 0.2) is 0 Å². The van der Waals surface area contributed by atoms with E-state index in [9.17, 15) is 4.79 Å². The van der Waals surface area contributed by atoms with Gasteiger partial charge in [0.05, 0.1) is 0 Å². The number of piperidine rings is 2. The molecule has 4 aromatic rings. The van der Waals surface area contributed by atoms with Crippen LogP contribution in [-0.4, -0.2) is 62.7 Å². The molecule has 1 amide bonds. The first kappa shape index (κ1) is 38.1. The number of likely N-dealkylation sites (tertiary alicyclic amines) is 1. The number of carbonyl (C=O) groups is 1. The molecule has 1 N–H and O–H groups in total. The summed E-state index contributed by atoms with van der Waals surface area (Å²) in [5, 5.41) is 3.43. The average Bonchev–Trinajstić information content (AvgIpc) is 3.12. The van der Waals surface area contributed by atoms with Gasteiger partial charge in [-0.05, 0) is 156 Å². The van der Waals surface area contributed by atoms with Crippen LogP contribution in [0.15, 0.2) is 73.6 Å². The summed E-state index contributed by atoms with van der Waals surface area (Å²) < 4.78 is 5.48. The molecule has 0 aliphatic carbocycles. The fourth-order valence-electron chi connectivity index (χ4n) is 6.87. The molecule has 0 aromatic carbocycles. The Morgan fingerprint density at radius 1 is 0.686 bits per heavy atom. The van der Waals surface area contributed by atoms with E-state index in [0.29, 0.717) is 5.92 Å². The molecule has 2 aliphatic rings.